The van der Waals surface area contributed by atoms with Crippen LogP contribution in [-0.4, -0.2) is 75.0 Å². The molecule has 0 amide bonds. The molecule has 1 atom stereocenters. The molecule has 1 aliphatic heterocycles. The number of hydrogen-bond donors (Lipinski definition) is 0. The zero-order valence-electron chi connectivity index (χ0n) is 13.4. The summed E-state index contributed by atoms with van der Waals surface area (Å²) in [6, 6.07) is 0. The predicted molar refractivity (Wildman–Crippen MR) is 94.5 cm³/mol. The van der Waals surface area contributed by atoms with Crippen LogP contribution in [0.4, 0.5) is 0 Å². The van der Waals surface area contributed by atoms with E-state index in [4.69, 9.17) is 4.99 Å². The molecule has 0 aromatic carbocycles. The van der Waals surface area contributed by atoms with Crippen molar-refractivity contribution >= 4 is 29.9 Å². The SMILES string of the molecule is CC(C)CN1CCC(CN=C(N(C)C)N(C)C)C1.I. The molecule has 1 saturated heterocycles. The molecule has 19 heavy (non-hydrogen) atoms. The summed E-state index contributed by atoms with van der Waals surface area (Å²) >= 11 is 0. The molecule has 0 N–H and O–H groups in total. The Hall–Kier alpha value is -0.0400. The van der Waals surface area contributed by atoms with E-state index in [0.717, 1.165) is 24.3 Å². The van der Waals surface area contributed by atoms with Gasteiger partial charge in [0.05, 0.1) is 0 Å². The van der Waals surface area contributed by atoms with Crippen LogP contribution >= 0.6 is 24.0 Å². The van der Waals surface area contributed by atoms with Crippen LogP contribution < -0.4 is 0 Å². The molecule has 0 radical (unpaired) electrons. The van der Waals surface area contributed by atoms with Crippen molar-refractivity contribution in [1.29, 1.82) is 0 Å². The van der Waals surface area contributed by atoms with Gasteiger partial charge in [-0.1, -0.05) is 13.8 Å². The molecule has 0 aromatic rings. The Morgan fingerprint density at radius 3 is 2.26 bits per heavy atom. The minimum Gasteiger partial charge on any atom is -0.349 e. The maximum Gasteiger partial charge on any atom is 0.195 e. The molecular formula is C14H31IN4. The standard InChI is InChI=1S/C14H30N4.HI/c1-12(2)10-18-8-7-13(11-18)9-15-14(16(3)4)17(5)6;/h12-13H,7-11H2,1-6H3;1H. The Morgan fingerprint density at radius 2 is 1.79 bits per heavy atom. The molecule has 0 aromatic heterocycles. The van der Waals surface area contributed by atoms with E-state index in [1.54, 1.807) is 0 Å². The Balaban J connectivity index is 0.00000324. The van der Waals surface area contributed by atoms with Crippen LogP contribution in [0.1, 0.15) is 20.3 Å². The first kappa shape index (κ1) is 19.0. The summed E-state index contributed by atoms with van der Waals surface area (Å²) in [5, 5.41) is 0. The molecule has 1 unspecified atom stereocenters. The van der Waals surface area contributed by atoms with Crippen molar-refractivity contribution in [3.8, 4) is 0 Å². The molecule has 114 valence electrons. The van der Waals surface area contributed by atoms with E-state index in [1.807, 2.05) is 0 Å². The van der Waals surface area contributed by atoms with Gasteiger partial charge in [-0.15, -0.1) is 24.0 Å². The highest BCUT2D eigenvalue weighted by molar-refractivity contribution is 14.0. The van der Waals surface area contributed by atoms with Gasteiger partial charge in [-0.05, 0) is 24.8 Å². The monoisotopic (exact) mass is 382 g/mol. The molecule has 0 saturated carbocycles. The van der Waals surface area contributed by atoms with Crippen LogP contribution in [0.25, 0.3) is 0 Å². The lowest BCUT2D eigenvalue weighted by Crippen LogP contribution is -2.36. The molecule has 4 nitrogen and oxygen atoms in total. The van der Waals surface area contributed by atoms with Crippen molar-refractivity contribution in [2.45, 2.75) is 20.3 Å². The number of likely N-dealkylation sites (tertiary alicyclic amines) is 1. The van der Waals surface area contributed by atoms with Gasteiger partial charge in [-0.25, -0.2) is 0 Å². The lowest BCUT2D eigenvalue weighted by atomic mass is 10.1. The Morgan fingerprint density at radius 1 is 1.21 bits per heavy atom. The summed E-state index contributed by atoms with van der Waals surface area (Å²) in [4.78, 5) is 11.5. The van der Waals surface area contributed by atoms with E-state index >= 15 is 0 Å². The molecule has 0 aliphatic carbocycles. The number of rotatable bonds is 4. The van der Waals surface area contributed by atoms with E-state index in [1.165, 1.54) is 26.1 Å². The minimum absolute atomic E-state index is 0. The average Bonchev–Trinajstić information content (AvgIpc) is 2.63. The normalized spacial score (nSPS) is 19.2. The molecule has 0 spiro atoms. The predicted octanol–water partition coefficient (Wildman–Crippen LogP) is 2.06. The highest BCUT2D eigenvalue weighted by Gasteiger charge is 2.22. The van der Waals surface area contributed by atoms with Crippen LogP contribution in [0.3, 0.4) is 0 Å². The van der Waals surface area contributed by atoms with Crippen LogP contribution in [-0.2, 0) is 0 Å². The van der Waals surface area contributed by atoms with Gasteiger partial charge in [0.2, 0.25) is 0 Å². The lowest BCUT2D eigenvalue weighted by molar-refractivity contribution is 0.288. The summed E-state index contributed by atoms with van der Waals surface area (Å²) < 4.78 is 0. The molecule has 1 fully saturated rings. The number of halogens is 1. The zero-order valence-corrected chi connectivity index (χ0v) is 15.7. The average molecular weight is 382 g/mol. The third-order valence-electron chi connectivity index (χ3n) is 3.28. The molecule has 1 aliphatic rings. The molecule has 1 rings (SSSR count). The van der Waals surface area contributed by atoms with Crippen molar-refractivity contribution < 1.29 is 0 Å². The van der Waals surface area contributed by atoms with Gasteiger partial charge >= 0.3 is 0 Å². The summed E-state index contributed by atoms with van der Waals surface area (Å²) in [6.07, 6.45) is 1.30. The van der Waals surface area contributed by atoms with Crippen molar-refractivity contribution in [2.75, 3.05) is 54.4 Å². The summed E-state index contributed by atoms with van der Waals surface area (Å²) in [5.74, 6) is 2.57. The van der Waals surface area contributed by atoms with Gasteiger partial charge < -0.3 is 14.7 Å². The molecule has 0 bridgehead atoms. The van der Waals surface area contributed by atoms with Crippen LogP contribution in [0, 0.1) is 11.8 Å². The minimum atomic E-state index is 0. The van der Waals surface area contributed by atoms with Crippen molar-refractivity contribution in [1.82, 2.24) is 14.7 Å². The third-order valence-corrected chi connectivity index (χ3v) is 3.28. The summed E-state index contributed by atoms with van der Waals surface area (Å²) in [5.41, 5.74) is 0. The smallest absolute Gasteiger partial charge is 0.195 e. The second-order valence-electron chi connectivity index (χ2n) is 6.24. The van der Waals surface area contributed by atoms with Crippen LogP contribution in [0.5, 0.6) is 0 Å². The Kier molecular flexibility index (Phi) is 8.98. The fourth-order valence-corrected chi connectivity index (χ4v) is 2.64. The van der Waals surface area contributed by atoms with E-state index in [2.05, 4.69) is 56.7 Å². The van der Waals surface area contributed by atoms with Gasteiger partial charge in [0.15, 0.2) is 5.96 Å². The van der Waals surface area contributed by atoms with E-state index in [0.29, 0.717) is 0 Å². The van der Waals surface area contributed by atoms with Gasteiger partial charge in [0, 0.05) is 47.8 Å². The molecule has 5 heteroatoms. The highest BCUT2D eigenvalue weighted by atomic mass is 127. The van der Waals surface area contributed by atoms with Gasteiger partial charge in [-0.2, -0.15) is 0 Å². The summed E-state index contributed by atoms with van der Waals surface area (Å²) in [7, 11) is 8.22. The van der Waals surface area contributed by atoms with Crippen molar-refractivity contribution in [2.24, 2.45) is 16.8 Å². The lowest BCUT2D eigenvalue weighted by Gasteiger charge is -2.23. The van der Waals surface area contributed by atoms with Gasteiger partial charge in [0.25, 0.3) is 0 Å². The van der Waals surface area contributed by atoms with Gasteiger partial charge in [-0.3, -0.25) is 4.99 Å². The number of nitrogens with zero attached hydrogens (tertiary/aromatic N) is 4. The van der Waals surface area contributed by atoms with Crippen molar-refractivity contribution in [3.63, 3.8) is 0 Å². The first-order valence-electron chi connectivity index (χ1n) is 7.01. The number of guanidine groups is 1. The highest BCUT2D eigenvalue weighted by Crippen LogP contribution is 2.17. The van der Waals surface area contributed by atoms with E-state index in [-0.39, 0.29) is 24.0 Å². The Labute approximate surface area is 136 Å². The van der Waals surface area contributed by atoms with Crippen molar-refractivity contribution in [3.05, 3.63) is 0 Å². The quantitative estimate of drug-likeness (QED) is 0.422. The Bertz CT molecular complexity index is 267. The second-order valence-corrected chi connectivity index (χ2v) is 6.24. The van der Waals surface area contributed by atoms with Gasteiger partial charge in [0.1, 0.15) is 0 Å². The fraction of sp³-hybridized carbons (Fsp3) is 0.929. The zero-order chi connectivity index (χ0) is 13.7. The van der Waals surface area contributed by atoms with Crippen LogP contribution in [0.15, 0.2) is 4.99 Å². The molecule has 1 heterocycles. The topological polar surface area (TPSA) is 22.1 Å². The molecular weight excluding hydrogens is 351 g/mol. The summed E-state index contributed by atoms with van der Waals surface area (Å²) in [6.45, 7) is 9.24. The maximum absolute atomic E-state index is 4.76. The number of hydrogen-bond acceptors (Lipinski definition) is 2. The van der Waals surface area contributed by atoms with E-state index in [9.17, 15) is 0 Å². The maximum atomic E-state index is 4.76. The largest absolute Gasteiger partial charge is 0.349 e. The second kappa shape index (κ2) is 9.00. The number of aliphatic imine (C=N–C) groups is 1. The fourth-order valence-electron chi connectivity index (χ4n) is 2.64. The van der Waals surface area contributed by atoms with Crippen LogP contribution in [0.2, 0.25) is 0 Å². The van der Waals surface area contributed by atoms with E-state index < -0.39 is 0 Å². The first-order chi connectivity index (χ1) is 8.40. The first-order valence-corrected chi connectivity index (χ1v) is 7.01. The third kappa shape index (κ3) is 6.79.